The van der Waals surface area contributed by atoms with E-state index >= 15 is 0 Å². The Balaban J connectivity index is 1.60. The summed E-state index contributed by atoms with van der Waals surface area (Å²) in [5.74, 6) is 3.09. The molecule has 1 aliphatic rings. The van der Waals surface area contributed by atoms with E-state index in [1.54, 1.807) is 7.11 Å². The Bertz CT molecular complexity index is 561. The van der Waals surface area contributed by atoms with Gasteiger partial charge in [-0.3, -0.25) is 0 Å². The molecule has 108 valence electrons. The second kappa shape index (κ2) is 6.55. The molecular weight excluding hydrogens is 270 g/mol. The molecule has 20 heavy (non-hydrogen) atoms. The van der Waals surface area contributed by atoms with Crippen LogP contribution in [-0.2, 0) is 6.54 Å². The molecule has 1 aromatic heterocycles. The van der Waals surface area contributed by atoms with Crippen LogP contribution in [-0.4, -0.2) is 24.7 Å². The number of fused-ring (bicyclic) bond motifs is 1. The first kappa shape index (κ1) is 13.8. The first-order chi connectivity index (χ1) is 9.86. The van der Waals surface area contributed by atoms with Crippen molar-refractivity contribution in [3.8, 4) is 5.75 Å². The van der Waals surface area contributed by atoms with Crippen molar-refractivity contribution in [2.45, 2.75) is 31.1 Å². The zero-order valence-electron chi connectivity index (χ0n) is 11.9. The van der Waals surface area contributed by atoms with Gasteiger partial charge in [-0.1, -0.05) is 18.6 Å². The highest BCUT2D eigenvalue weighted by atomic mass is 32.2. The number of rotatable bonds is 5. The SMILES string of the molecule is COc1cccc2cc(CNCC3CCCCS3)oc12. The maximum Gasteiger partial charge on any atom is 0.176 e. The lowest BCUT2D eigenvalue weighted by atomic mass is 10.2. The molecule has 0 radical (unpaired) electrons. The van der Waals surface area contributed by atoms with Gasteiger partial charge in [0.15, 0.2) is 11.3 Å². The second-order valence-corrected chi connectivity index (χ2v) is 6.62. The molecule has 0 spiro atoms. The highest BCUT2D eigenvalue weighted by Crippen LogP contribution is 2.28. The Kier molecular flexibility index (Phi) is 4.53. The zero-order chi connectivity index (χ0) is 13.8. The van der Waals surface area contributed by atoms with Crippen molar-refractivity contribution < 1.29 is 9.15 Å². The van der Waals surface area contributed by atoms with Crippen LogP contribution in [0.5, 0.6) is 5.75 Å². The Labute approximate surface area is 124 Å². The minimum atomic E-state index is 0.766. The van der Waals surface area contributed by atoms with Crippen molar-refractivity contribution in [3.63, 3.8) is 0 Å². The number of methoxy groups -OCH3 is 1. The second-order valence-electron chi connectivity index (χ2n) is 5.21. The Morgan fingerprint density at radius 3 is 3.15 bits per heavy atom. The number of hydrogen-bond donors (Lipinski definition) is 1. The Morgan fingerprint density at radius 2 is 2.35 bits per heavy atom. The van der Waals surface area contributed by atoms with Crippen molar-refractivity contribution in [2.24, 2.45) is 0 Å². The van der Waals surface area contributed by atoms with Crippen LogP contribution < -0.4 is 10.1 Å². The first-order valence-corrected chi connectivity index (χ1v) is 8.29. The molecule has 1 aliphatic heterocycles. The van der Waals surface area contributed by atoms with E-state index in [1.165, 1.54) is 25.0 Å². The Morgan fingerprint density at radius 1 is 1.40 bits per heavy atom. The predicted molar refractivity (Wildman–Crippen MR) is 84.6 cm³/mol. The topological polar surface area (TPSA) is 34.4 Å². The van der Waals surface area contributed by atoms with E-state index in [-0.39, 0.29) is 0 Å². The molecule has 0 amide bonds. The summed E-state index contributed by atoms with van der Waals surface area (Å²) in [6, 6.07) is 8.08. The van der Waals surface area contributed by atoms with Gasteiger partial charge in [-0.25, -0.2) is 0 Å². The highest BCUT2D eigenvalue weighted by molar-refractivity contribution is 7.99. The molecule has 0 bridgehead atoms. The van der Waals surface area contributed by atoms with E-state index in [4.69, 9.17) is 9.15 Å². The maximum absolute atomic E-state index is 5.89. The minimum absolute atomic E-state index is 0.766. The summed E-state index contributed by atoms with van der Waals surface area (Å²) in [7, 11) is 1.68. The van der Waals surface area contributed by atoms with Crippen LogP contribution in [0.4, 0.5) is 0 Å². The molecule has 1 aromatic carbocycles. The fourth-order valence-corrected chi connectivity index (χ4v) is 3.94. The van der Waals surface area contributed by atoms with Crippen LogP contribution >= 0.6 is 11.8 Å². The number of benzene rings is 1. The molecule has 1 unspecified atom stereocenters. The van der Waals surface area contributed by atoms with Crippen molar-refractivity contribution in [3.05, 3.63) is 30.0 Å². The number of nitrogens with one attached hydrogen (secondary N) is 1. The fraction of sp³-hybridized carbons (Fsp3) is 0.500. The average Bonchev–Trinajstić information content (AvgIpc) is 2.91. The van der Waals surface area contributed by atoms with E-state index in [2.05, 4.69) is 29.2 Å². The predicted octanol–water partition coefficient (Wildman–Crippen LogP) is 3.82. The maximum atomic E-state index is 5.89. The molecule has 1 N–H and O–H groups in total. The quantitative estimate of drug-likeness (QED) is 0.908. The number of hydrogen-bond acceptors (Lipinski definition) is 4. The van der Waals surface area contributed by atoms with Crippen LogP contribution in [0.3, 0.4) is 0 Å². The van der Waals surface area contributed by atoms with Crippen LogP contribution in [0.1, 0.15) is 25.0 Å². The number of thioether (sulfide) groups is 1. The van der Waals surface area contributed by atoms with Crippen LogP contribution in [0, 0.1) is 0 Å². The van der Waals surface area contributed by atoms with Crippen LogP contribution in [0.25, 0.3) is 11.0 Å². The molecule has 3 rings (SSSR count). The summed E-state index contributed by atoms with van der Waals surface area (Å²) in [5, 5.41) is 5.39. The summed E-state index contributed by atoms with van der Waals surface area (Å²) >= 11 is 2.10. The van der Waals surface area contributed by atoms with Crippen molar-refractivity contribution in [1.29, 1.82) is 0 Å². The van der Waals surface area contributed by atoms with Crippen molar-refractivity contribution in [1.82, 2.24) is 5.32 Å². The van der Waals surface area contributed by atoms with Gasteiger partial charge in [0.1, 0.15) is 5.76 Å². The molecule has 1 atom stereocenters. The van der Waals surface area contributed by atoms with Gasteiger partial charge >= 0.3 is 0 Å². The van der Waals surface area contributed by atoms with Gasteiger partial charge < -0.3 is 14.5 Å². The summed E-state index contributed by atoms with van der Waals surface area (Å²) < 4.78 is 11.2. The van der Waals surface area contributed by atoms with Gasteiger partial charge in [0.05, 0.1) is 13.7 Å². The normalized spacial score (nSPS) is 19.4. The lowest BCUT2D eigenvalue weighted by Gasteiger charge is -2.21. The third kappa shape index (κ3) is 3.13. The molecule has 2 aromatic rings. The third-order valence-electron chi connectivity index (χ3n) is 3.72. The average molecular weight is 291 g/mol. The molecule has 2 heterocycles. The molecule has 3 nitrogen and oxygen atoms in total. The molecule has 1 fully saturated rings. The molecule has 4 heteroatoms. The number of ether oxygens (including phenoxy) is 1. The molecule has 0 saturated carbocycles. The molecule has 0 aliphatic carbocycles. The van der Waals surface area contributed by atoms with E-state index in [0.717, 1.165) is 40.8 Å². The van der Waals surface area contributed by atoms with Crippen LogP contribution in [0.2, 0.25) is 0 Å². The zero-order valence-corrected chi connectivity index (χ0v) is 12.7. The summed E-state index contributed by atoms with van der Waals surface area (Å²) in [5.41, 5.74) is 0.846. The van der Waals surface area contributed by atoms with Gasteiger partial charge in [-0.05, 0) is 30.7 Å². The van der Waals surface area contributed by atoms with Gasteiger partial charge in [0.25, 0.3) is 0 Å². The fourth-order valence-electron chi connectivity index (χ4n) is 2.66. The van der Waals surface area contributed by atoms with Crippen molar-refractivity contribution >= 4 is 22.7 Å². The molecule has 1 saturated heterocycles. The lowest BCUT2D eigenvalue weighted by molar-refractivity contribution is 0.406. The summed E-state index contributed by atoms with van der Waals surface area (Å²) in [6.07, 6.45) is 4.09. The largest absolute Gasteiger partial charge is 0.493 e. The van der Waals surface area contributed by atoms with E-state index < -0.39 is 0 Å². The smallest absolute Gasteiger partial charge is 0.176 e. The van der Waals surface area contributed by atoms with Gasteiger partial charge in [0, 0.05) is 17.2 Å². The highest BCUT2D eigenvalue weighted by Gasteiger charge is 2.14. The standard InChI is InChI=1S/C16H21NO2S/c1-18-15-7-4-5-12-9-13(19-16(12)15)10-17-11-14-6-2-3-8-20-14/h4-5,7,9,14,17H,2-3,6,8,10-11H2,1H3. The van der Waals surface area contributed by atoms with Crippen LogP contribution in [0.15, 0.2) is 28.7 Å². The van der Waals surface area contributed by atoms with E-state index in [9.17, 15) is 0 Å². The van der Waals surface area contributed by atoms with Gasteiger partial charge in [-0.15, -0.1) is 0 Å². The third-order valence-corrected chi connectivity index (χ3v) is 5.12. The van der Waals surface area contributed by atoms with Crippen molar-refractivity contribution in [2.75, 3.05) is 19.4 Å². The van der Waals surface area contributed by atoms with Gasteiger partial charge in [-0.2, -0.15) is 11.8 Å². The van der Waals surface area contributed by atoms with E-state index in [1.807, 2.05) is 12.1 Å². The first-order valence-electron chi connectivity index (χ1n) is 7.24. The van der Waals surface area contributed by atoms with Gasteiger partial charge in [0.2, 0.25) is 0 Å². The summed E-state index contributed by atoms with van der Waals surface area (Å²) in [4.78, 5) is 0. The summed E-state index contributed by atoms with van der Waals surface area (Å²) in [6.45, 7) is 1.85. The Hall–Kier alpha value is -1.13. The lowest BCUT2D eigenvalue weighted by Crippen LogP contribution is -2.26. The number of para-hydroxylation sites is 1. The molecular formula is C16H21NO2S. The minimum Gasteiger partial charge on any atom is -0.493 e. The van der Waals surface area contributed by atoms with E-state index in [0.29, 0.717) is 0 Å². The number of furan rings is 1. The monoisotopic (exact) mass is 291 g/mol.